The highest BCUT2D eigenvalue weighted by Gasteiger charge is 2.49. The van der Waals surface area contributed by atoms with E-state index in [4.69, 9.17) is 11.6 Å². The lowest BCUT2D eigenvalue weighted by molar-refractivity contribution is -0.139. The first-order valence-corrected chi connectivity index (χ1v) is 8.20. The van der Waals surface area contributed by atoms with E-state index in [0.29, 0.717) is 10.9 Å². The fraction of sp³-hybridized carbons (Fsp3) is 0.529. The van der Waals surface area contributed by atoms with Crippen molar-refractivity contribution in [1.82, 2.24) is 4.90 Å². The predicted octanol–water partition coefficient (Wildman–Crippen LogP) is 3.44. The van der Waals surface area contributed by atoms with Crippen molar-refractivity contribution < 1.29 is 9.59 Å². The zero-order valence-corrected chi connectivity index (χ0v) is 13.7. The standard InChI is InChI=1S/C17H21ClN2O2/c1-10-3-6-13-14(7-10)17(22)20(16(13)21)9-19-12-5-4-11(2)15(18)8-12/h4-5,8,10,13-14,19H,3,6-7,9H2,1-2H3/t10-,13+,14+/m0/s1. The van der Waals surface area contributed by atoms with Crippen LogP contribution in [-0.4, -0.2) is 23.4 Å². The van der Waals surface area contributed by atoms with E-state index in [1.54, 1.807) is 0 Å². The zero-order chi connectivity index (χ0) is 15.9. The van der Waals surface area contributed by atoms with Crippen molar-refractivity contribution in [2.24, 2.45) is 17.8 Å². The molecular weight excluding hydrogens is 300 g/mol. The van der Waals surface area contributed by atoms with Gasteiger partial charge in [-0.1, -0.05) is 24.6 Å². The van der Waals surface area contributed by atoms with E-state index in [1.807, 2.05) is 25.1 Å². The molecule has 0 bridgehead atoms. The molecule has 2 amide bonds. The number of halogens is 1. The second kappa shape index (κ2) is 5.92. The molecule has 3 rings (SSSR count). The molecule has 4 nitrogen and oxygen atoms in total. The Morgan fingerprint density at radius 2 is 1.95 bits per heavy atom. The molecule has 1 N–H and O–H groups in total. The van der Waals surface area contributed by atoms with Crippen LogP contribution < -0.4 is 5.32 Å². The van der Waals surface area contributed by atoms with Crippen LogP contribution >= 0.6 is 11.6 Å². The highest BCUT2D eigenvalue weighted by molar-refractivity contribution is 6.31. The second-order valence-corrected chi connectivity index (χ2v) is 6.94. The molecule has 1 aliphatic heterocycles. The average molecular weight is 321 g/mol. The first kappa shape index (κ1) is 15.3. The van der Waals surface area contributed by atoms with Crippen molar-refractivity contribution in [3.63, 3.8) is 0 Å². The lowest BCUT2D eigenvalue weighted by Crippen LogP contribution is -2.35. The number of rotatable bonds is 3. The van der Waals surface area contributed by atoms with Crippen LogP contribution in [0.2, 0.25) is 5.02 Å². The van der Waals surface area contributed by atoms with Gasteiger partial charge in [-0.3, -0.25) is 14.5 Å². The monoisotopic (exact) mass is 320 g/mol. The predicted molar refractivity (Wildman–Crippen MR) is 86.5 cm³/mol. The number of hydrogen-bond acceptors (Lipinski definition) is 3. The summed E-state index contributed by atoms with van der Waals surface area (Å²) in [5.41, 5.74) is 1.82. The Kier molecular flexibility index (Phi) is 4.13. The quantitative estimate of drug-likeness (QED) is 0.868. The van der Waals surface area contributed by atoms with E-state index < -0.39 is 0 Å². The fourth-order valence-electron chi connectivity index (χ4n) is 3.49. The summed E-state index contributed by atoms with van der Waals surface area (Å²) in [4.78, 5) is 26.3. The van der Waals surface area contributed by atoms with Gasteiger partial charge in [0.05, 0.1) is 18.5 Å². The summed E-state index contributed by atoms with van der Waals surface area (Å²) in [6, 6.07) is 5.64. The minimum absolute atomic E-state index is 0.0207. The molecule has 0 spiro atoms. The maximum atomic E-state index is 12.5. The van der Waals surface area contributed by atoms with E-state index in [-0.39, 0.29) is 30.3 Å². The Bertz CT molecular complexity index is 617. The van der Waals surface area contributed by atoms with Crippen LogP contribution in [0.3, 0.4) is 0 Å². The number of fused-ring (bicyclic) bond motifs is 1. The summed E-state index contributed by atoms with van der Waals surface area (Å²) < 4.78 is 0. The highest BCUT2D eigenvalue weighted by Crippen LogP contribution is 2.40. The first-order valence-electron chi connectivity index (χ1n) is 7.82. The Labute approximate surface area is 135 Å². The summed E-state index contributed by atoms with van der Waals surface area (Å²) in [6.07, 6.45) is 2.71. The molecule has 118 valence electrons. The van der Waals surface area contributed by atoms with E-state index in [2.05, 4.69) is 12.2 Å². The number of aryl methyl sites for hydroxylation is 1. The molecule has 0 aromatic heterocycles. The van der Waals surface area contributed by atoms with Crippen molar-refractivity contribution in [2.75, 3.05) is 12.0 Å². The van der Waals surface area contributed by atoms with Gasteiger partial charge in [0.25, 0.3) is 0 Å². The molecule has 1 heterocycles. The van der Waals surface area contributed by atoms with E-state index in [1.165, 1.54) is 4.90 Å². The molecule has 0 unspecified atom stereocenters. The Morgan fingerprint density at radius 1 is 1.23 bits per heavy atom. The lowest BCUT2D eigenvalue weighted by Gasteiger charge is -2.25. The molecule has 22 heavy (non-hydrogen) atoms. The molecule has 5 heteroatoms. The third-order valence-corrected chi connectivity index (χ3v) is 5.30. The van der Waals surface area contributed by atoms with Gasteiger partial charge in [-0.25, -0.2) is 0 Å². The van der Waals surface area contributed by atoms with Gasteiger partial charge in [-0.05, 0) is 49.8 Å². The van der Waals surface area contributed by atoms with E-state index >= 15 is 0 Å². The van der Waals surface area contributed by atoms with Crippen LogP contribution in [0.25, 0.3) is 0 Å². The number of imide groups is 1. The Balaban J connectivity index is 1.68. The number of anilines is 1. The van der Waals surface area contributed by atoms with E-state index in [0.717, 1.165) is 30.5 Å². The number of carbonyl (C=O) groups excluding carboxylic acids is 2. The summed E-state index contributed by atoms with van der Waals surface area (Å²) >= 11 is 6.09. The van der Waals surface area contributed by atoms with Crippen LogP contribution in [0, 0.1) is 24.7 Å². The van der Waals surface area contributed by atoms with Gasteiger partial charge in [0.1, 0.15) is 0 Å². The fourth-order valence-corrected chi connectivity index (χ4v) is 3.67. The molecule has 2 fully saturated rings. The molecule has 3 atom stereocenters. The van der Waals surface area contributed by atoms with Crippen molar-refractivity contribution in [3.05, 3.63) is 28.8 Å². The SMILES string of the molecule is Cc1ccc(NCN2C(=O)[C@@H]3CC[C@H](C)C[C@H]3C2=O)cc1Cl. The third kappa shape index (κ3) is 2.72. The molecule has 1 saturated carbocycles. The number of benzene rings is 1. The molecule has 1 aromatic carbocycles. The van der Waals surface area contributed by atoms with Gasteiger partial charge in [0, 0.05) is 10.7 Å². The molecule has 0 radical (unpaired) electrons. The summed E-state index contributed by atoms with van der Waals surface area (Å²) in [6.45, 7) is 4.31. The second-order valence-electron chi connectivity index (χ2n) is 6.53. The van der Waals surface area contributed by atoms with Crippen LogP contribution in [0.1, 0.15) is 31.7 Å². The molecule has 2 aliphatic rings. The molecule has 1 aliphatic carbocycles. The topological polar surface area (TPSA) is 49.4 Å². The third-order valence-electron chi connectivity index (χ3n) is 4.89. The largest absolute Gasteiger partial charge is 0.367 e. The first-order chi connectivity index (χ1) is 10.5. The van der Waals surface area contributed by atoms with Gasteiger partial charge < -0.3 is 5.32 Å². The van der Waals surface area contributed by atoms with Crippen LogP contribution in [0.15, 0.2) is 18.2 Å². The molecule has 1 saturated heterocycles. The van der Waals surface area contributed by atoms with Crippen molar-refractivity contribution in [3.8, 4) is 0 Å². The number of hydrogen-bond donors (Lipinski definition) is 1. The number of carbonyl (C=O) groups is 2. The lowest BCUT2D eigenvalue weighted by atomic mass is 9.76. The number of amides is 2. The number of nitrogens with one attached hydrogen (secondary N) is 1. The summed E-state index contributed by atoms with van der Waals surface area (Å²) in [5.74, 6) is 0.272. The van der Waals surface area contributed by atoms with Crippen LogP contribution in [0.4, 0.5) is 5.69 Å². The van der Waals surface area contributed by atoms with Gasteiger partial charge in [-0.2, -0.15) is 0 Å². The molecule has 1 aromatic rings. The minimum atomic E-state index is -0.111. The Hall–Kier alpha value is -1.55. The maximum absolute atomic E-state index is 12.5. The normalized spacial score (nSPS) is 28.0. The van der Waals surface area contributed by atoms with Crippen LogP contribution in [0.5, 0.6) is 0 Å². The smallest absolute Gasteiger partial charge is 0.234 e. The average Bonchev–Trinajstić information content (AvgIpc) is 2.72. The van der Waals surface area contributed by atoms with Crippen LogP contribution in [-0.2, 0) is 9.59 Å². The summed E-state index contributed by atoms with van der Waals surface area (Å²) in [7, 11) is 0. The summed E-state index contributed by atoms with van der Waals surface area (Å²) in [5, 5.41) is 3.81. The Morgan fingerprint density at radius 3 is 2.68 bits per heavy atom. The zero-order valence-electron chi connectivity index (χ0n) is 12.9. The number of nitrogens with zero attached hydrogens (tertiary/aromatic N) is 1. The van der Waals surface area contributed by atoms with Gasteiger partial charge in [0.15, 0.2) is 0 Å². The van der Waals surface area contributed by atoms with Gasteiger partial charge >= 0.3 is 0 Å². The van der Waals surface area contributed by atoms with E-state index in [9.17, 15) is 9.59 Å². The molecular formula is C17H21ClN2O2. The van der Waals surface area contributed by atoms with Crippen molar-refractivity contribution >= 4 is 29.1 Å². The minimum Gasteiger partial charge on any atom is -0.367 e. The van der Waals surface area contributed by atoms with Gasteiger partial charge in [0.2, 0.25) is 11.8 Å². The number of likely N-dealkylation sites (tertiary alicyclic amines) is 1. The maximum Gasteiger partial charge on any atom is 0.234 e. The van der Waals surface area contributed by atoms with Gasteiger partial charge in [-0.15, -0.1) is 0 Å². The van der Waals surface area contributed by atoms with Crippen molar-refractivity contribution in [2.45, 2.75) is 33.1 Å². The van der Waals surface area contributed by atoms with Crippen molar-refractivity contribution in [1.29, 1.82) is 0 Å². The highest BCUT2D eigenvalue weighted by atomic mass is 35.5.